The summed E-state index contributed by atoms with van der Waals surface area (Å²) in [5.41, 5.74) is 1.68. The van der Waals surface area contributed by atoms with Crippen molar-refractivity contribution in [3.63, 3.8) is 0 Å². The third kappa shape index (κ3) is 4.45. The van der Waals surface area contributed by atoms with Gasteiger partial charge in [0, 0.05) is 4.88 Å². The molecule has 3 rings (SSSR count). The van der Waals surface area contributed by atoms with Crippen LogP contribution in [0.2, 0.25) is 0 Å². The number of rotatable bonds is 6. The first kappa shape index (κ1) is 20.1. The number of aromatic nitrogens is 4. The van der Waals surface area contributed by atoms with Gasteiger partial charge < -0.3 is 30.5 Å². The van der Waals surface area contributed by atoms with E-state index in [1.54, 1.807) is 17.5 Å². The van der Waals surface area contributed by atoms with Crippen molar-refractivity contribution < 1.29 is 25.2 Å². The van der Waals surface area contributed by atoms with Gasteiger partial charge in [-0.2, -0.15) is 0 Å². The van der Waals surface area contributed by atoms with Gasteiger partial charge in [-0.05, 0) is 12.8 Å². The lowest BCUT2D eigenvalue weighted by atomic mass is 9.99. The zero-order chi connectivity index (χ0) is 19.7. The number of hydrogen-bond donors (Lipinski definition) is 5. The first-order valence-electron chi connectivity index (χ1n) is 8.74. The van der Waals surface area contributed by atoms with Crippen molar-refractivity contribution in [2.45, 2.75) is 70.5 Å². The molecule has 2 aromatic rings. The molecule has 0 aromatic carbocycles. The molecule has 0 bridgehead atoms. The number of anilines is 1. The molecular formula is C16H25N5O5S. The number of hydrogen-bond acceptors (Lipinski definition) is 10. The Balaban J connectivity index is 1.58. The smallest absolute Gasteiger partial charge is 0.184 e. The maximum atomic E-state index is 9.99. The summed E-state index contributed by atoms with van der Waals surface area (Å²) >= 11 is 1.61. The van der Waals surface area contributed by atoms with E-state index in [9.17, 15) is 20.4 Å². The second kappa shape index (κ2) is 8.17. The third-order valence-corrected chi connectivity index (χ3v) is 5.83. The Kier molecular flexibility index (Phi) is 6.08. The lowest BCUT2D eigenvalue weighted by Gasteiger charge is -2.38. The van der Waals surface area contributed by atoms with Crippen LogP contribution in [0.4, 0.5) is 5.13 Å². The number of nitrogens with zero attached hydrogens (tertiary/aromatic N) is 4. The Bertz CT molecular complexity index is 766. The molecule has 0 aliphatic carbocycles. The fraction of sp³-hybridized carbons (Fsp3) is 0.688. The molecule has 1 fully saturated rings. The van der Waals surface area contributed by atoms with E-state index in [-0.39, 0.29) is 6.54 Å². The van der Waals surface area contributed by atoms with Crippen molar-refractivity contribution in [3.8, 4) is 0 Å². The quantitative estimate of drug-likeness (QED) is 0.437. The highest BCUT2D eigenvalue weighted by Crippen LogP contribution is 2.29. The van der Waals surface area contributed by atoms with E-state index < -0.39 is 30.7 Å². The van der Waals surface area contributed by atoms with Crippen molar-refractivity contribution in [3.05, 3.63) is 22.5 Å². The van der Waals surface area contributed by atoms with E-state index in [1.807, 2.05) is 6.92 Å². The highest BCUT2D eigenvalue weighted by atomic mass is 32.1. The second-order valence-corrected chi connectivity index (χ2v) is 7.98. The van der Waals surface area contributed by atoms with Crippen molar-refractivity contribution in [1.29, 1.82) is 0 Å². The molecule has 11 heteroatoms. The number of aliphatic hydroxyl groups excluding tert-OH is 4. The first-order valence-corrected chi connectivity index (χ1v) is 9.55. The Hall–Kier alpha value is -1.63. The number of aliphatic hydroxyl groups is 4. The van der Waals surface area contributed by atoms with Crippen molar-refractivity contribution in [2.75, 3.05) is 5.32 Å². The Morgan fingerprint density at radius 1 is 1.22 bits per heavy atom. The molecule has 5 unspecified atom stereocenters. The lowest BCUT2D eigenvalue weighted by Crippen LogP contribution is -2.58. The summed E-state index contributed by atoms with van der Waals surface area (Å²) < 4.78 is 6.60. The monoisotopic (exact) mass is 399 g/mol. The zero-order valence-corrected chi connectivity index (χ0v) is 16.2. The third-order valence-electron chi connectivity index (χ3n) is 4.42. The minimum Gasteiger partial charge on any atom is -0.388 e. The Labute approximate surface area is 160 Å². The van der Waals surface area contributed by atoms with Crippen LogP contribution < -0.4 is 5.32 Å². The van der Waals surface area contributed by atoms with Crippen LogP contribution in [0.5, 0.6) is 0 Å². The average molecular weight is 399 g/mol. The number of aryl methyl sites for hydroxylation is 1. The van der Waals surface area contributed by atoms with Crippen LogP contribution in [0.15, 0.2) is 6.20 Å². The summed E-state index contributed by atoms with van der Waals surface area (Å²) in [5, 5.41) is 50.9. The molecule has 5 atom stereocenters. The van der Waals surface area contributed by atoms with Crippen molar-refractivity contribution >= 4 is 16.5 Å². The summed E-state index contributed by atoms with van der Waals surface area (Å²) in [7, 11) is 0. The fourth-order valence-corrected chi connectivity index (χ4v) is 3.92. The van der Waals surface area contributed by atoms with Crippen LogP contribution >= 0.6 is 11.3 Å². The molecule has 27 heavy (non-hydrogen) atoms. The molecule has 0 amide bonds. The number of thiazole rings is 1. The highest BCUT2D eigenvalue weighted by Gasteiger charge is 2.43. The van der Waals surface area contributed by atoms with Crippen molar-refractivity contribution in [1.82, 2.24) is 20.0 Å². The van der Waals surface area contributed by atoms with Gasteiger partial charge in [-0.1, -0.05) is 19.1 Å². The summed E-state index contributed by atoms with van der Waals surface area (Å²) in [6.45, 7) is 6.75. The number of nitrogens with one attached hydrogen (secondary N) is 1. The van der Waals surface area contributed by atoms with Crippen LogP contribution in [0, 0.1) is 6.92 Å². The van der Waals surface area contributed by atoms with Crippen LogP contribution in [0.3, 0.4) is 0 Å². The van der Waals surface area contributed by atoms with Crippen LogP contribution in [-0.4, -0.2) is 71.1 Å². The summed E-state index contributed by atoms with van der Waals surface area (Å²) in [6, 6.07) is 0. The first-order chi connectivity index (χ1) is 12.8. The molecule has 3 heterocycles. The van der Waals surface area contributed by atoms with Gasteiger partial charge >= 0.3 is 0 Å². The largest absolute Gasteiger partial charge is 0.388 e. The van der Waals surface area contributed by atoms with Gasteiger partial charge in [-0.15, -0.1) is 16.4 Å². The summed E-state index contributed by atoms with van der Waals surface area (Å²) in [4.78, 5) is 5.74. The SMILES string of the molecule is Cc1nc(NCc2cn(CC3OC(O)C(O)C(O)C3O)nn2)sc1C(C)C. The topological polar surface area (TPSA) is 146 Å². The van der Waals surface area contributed by atoms with E-state index in [2.05, 4.69) is 34.5 Å². The van der Waals surface area contributed by atoms with E-state index >= 15 is 0 Å². The Morgan fingerprint density at radius 2 is 1.96 bits per heavy atom. The minimum absolute atomic E-state index is 0.0723. The standard InChI is InChI=1S/C16H25N5O5S/c1-7(2)14-8(3)18-16(27-14)17-4-9-5-21(20-19-9)6-10-11(22)12(23)13(24)15(25)26-10/h5,7,10-13,15,22-25H,4,6H2,1-3H3,(H,17,18). The molecule has 0 radical (unpaired) electrons. The fourth-order valence-electron chi connectivity index (χ4n) is 2.96. The van der Waals surface area contributed by atoms with Crippen LogP contribution in [0.1, 0.15) is 36.0 Å². The van der Waals surface area contributed by atoms with Gasteiger partial charge in [-0.25, -0.2) is 9.67 Å². The predicted molar refractivity (Wildman–Crippen MR) is 97.2 cm³/mol. The lowest BCUT2D eigenvalue weighted by molar-refractivity contribution is -0.284. The highest BCUT2D eigenvalue weighted by molar-refractivity contribution is 7.15. The molecule has 150 valence electrons. The van der Waals surface area contributed by atoms with E-state index in [4.69, 9.17) is 4.74 Å². The van der Waals surface area contributed by atoms with Crippen LogP contribution in [-0.2, 0) is 17.8 Å². The predicted octanol–water partition coefficient (Wildman–Crippen LogP) is -0.422. The van der Waals surface area contributed by atoms with Gasteiger partial charge in [0.2, 0.25) is 0 Å². The molecule has 0 spiro atoms. The maximum absolute atomic E-state index is 9.99. The summed E-state index contributed by atoms with van der Waals surface area (Å²) in [6.07, 6.45) is -5.20. The van der Waals surface area contributed by atoms with E-state index in [0.29, 0.717) is 18.2 Å². The maximum Gasteiger partial charge on any atom is 0.184 e. The molecule has 1 aliphatic rings. The Morgan fingerprint density at radius 3 is 2.63 bits per heavy atom. The van der Waals surface area contributed by atoms with E-state index in [0.717, 1.165) is 10.8 Å². The summed E-state index contributed by atoms with van der Waals surface area (Å²) in [5.74, 6) is 0.421. The molecular weight excluding hydrogens is 374 g/mol. The zero-order valence-electron chi connectivity index (χ0n) is 15.3. The average Bonchev–Trinajstić information content (AvgIpc) is 3.22. The molecule has 2 aromatic heterocycles. The van der Waals surface area contributed by atoms with Crippen molar-refractivity contribution in [2.24, 2.45) is 0 Å². The molecule has 5 N–H and O–H groups in total. The molecule has 10 nitrogen and oxygen atoms in total. The molecule has 0 saturated carbocycles. The van der Waals surface area contributed by atoms with Gasteiger partial charge in [0.15, 0.2) is 11.4 Å². The van der Waals surface area contributed by atoms with Gasteiger partial charge in [-0.3, -0.25) is 0 Å². The minimum atomic E-state index is -1.57. The van der Waals surface area contributed by atoms with Gasteiger partial charge in [0.05, 0.1) is 25.0 Å². The normalized spacial score (nSPS) is 28.7. The van der Waals surface area contributed by atoms with Gasteiger partial charge in [0.1, 0.15) is 30.1 Å². The van der Waals surface area contributed by atoms with Gasteiger partial charge in [0.25, 0.3) is 0 Å². The second-order valence-electron chi connectivity index (χ2n) is 6.95. The molecule has 1 aliphatic heterocycles. The van der Waals surface area contributed by atoms with Crippen LogP contribution in [0.25, 0.3) is 0 Å². The number of ether oxygens (including phenoxy) is 1. The molecule has 1 saturated heterocycles. The van der Waals surface area contributed by atoms with E-state index in [1.165, 1.54) is 9.56 Å².